The predicted octanol–water partition coefficient (Wildman–Crippen LogP) is 3.42. The molecule has 0 aliphatic carbocycles. The second-order valence-electron chi connectivity index (χ2n) is 3.53. The van der Waals surface area contributed by atoms with E-state index in [0.717, 1.165) is 4.47 Å². The topological polar surface area (TPSA) is 64.1 Å². The van der Waals surface area contributed by atoms with Crippen molar-refractivity contribution in [2.75, 3.05) is 12.4 Å². The lowest BCUT2D eigenvalue weighted by Gasteiger charge is -2.08. The first kappa shape index (κ1) is 13.8. The van der Waals surface area contributed by atoms with Gasteiger partial charge in [0.15, 0.2) is 5.69 Å². The highest BCUT2D eigenvalue weighted by Crippen LogP contribution is 2.27. The molecule has 1 aromatic carbocycles. The summed E-state index contributed by atoms with van der Waals surface area (Å²) in [6.45, 7) is 0. The molecule has 0 saturated heterocycles. The molecule has 2 rings (SSSR count). The van der Waals surface area contributed by atoms with E-state index in [2.05, 4.69) is 36.0 Å². The number of benzene rings is 1. The van der Waals surface area contributed by atoms with Gasteiger partial charge in [-0.1, -0.05) is 27.5 Å². The van der Waals surface area contributed by atoms with Crippen LogP contribution >= 0.6 is 27.5 Å². The van der Waals surface area contributed by atoms with Gasteiger partial charge >= 0.3 is 5.97 Å². The Kier molecular flexibility index (Phi) is 4.34. The number of nitrogens with zero attached hydrogens (tertiary/aromatic N) is 2. The maximum absolute atomic E-state index is 11.3. The molecule has 0 aliphatic rings. The Bertz CT molecular complexity index is 622. The fourth-order valence-electron chi connectivity index (χ4n) is 1.36. The standard InChI is InChI=1S/C12H9BrClN3O2/c1-19-12(18)10-5-15-6-11(17-10)16-9-3-2-7(13)4-8(9)14/h2-6H,1H3,(H,16,17). The molecule has 19 heavy (non-hydrogen) atoms. The van der Waals surface area contributed by atoms with Gasteiger partial charge in [-0.2, -0.15) is 0 Å². The van der Waals surface area contributed by atoms with Gasteiger partial charge in [0, 0.05) is 4.47 Å². The molecule has 0 radical (unpaired) electrons. The number of carbonyl (C=O) groups is 1. The van der Waals surface area contributed by atoms with Crippen molar-refractivity contribution >= 4 is 45.0 Å². The number of anilines is 2. The lowest BCUT2D eigenvalue weighted by molar-refractivity contribution is 0.0593. The Morgan fingerprint density at radius 3 is 2.89 bits per heavy atom. The molecule has 7 heteroatoms. The molecule has 98 valence electrons. The highest BCUT2D eigenvalue weighted by Gasteiger charge is 2.09. The Balaban J connectivity index is 2.26. The van der Waals surface area contributed by atoms with Crippen LogP contribution in [0.3, 0.4) is 0 Å². The normalized spacial score (nSPS) is 10.1. The first-order valence-corrected chi connectivity index (χ1v) is 6.39. The molecule has 0 fully saturated rings. The van der Waals surface area contributed by atoms with E-state index in [4.69, 9.17) is 11.6 Å². The van der Waals surface area contributed by atoms with E-state index in [1.165, 1.54) is 19.5 Å². The molecule has 5 nitrogen and oxygen atoms in total. The molecule has 0 saturated carbocycles. The quantitative estimate of drug-likeness (QED) is 0.866. The number of nitrogens with one attached hydrogen (secondary N) is 1. The molecule has 1 heterocycles. The minimum atomic E-state index is -0.543. The molecule has 1 N–H and O–H groups in total. The number of ether oxygens (including phenoxy) is 1. The maximum Gasteiger partial charge on any atom is 0.358 e. The van der Waals surface area contributed by atoms with E-state index in [1.54, 1.807) is 12.1 Å². The number of aromatic nitrogens is 2. The van der Waals surface area contributed by atoms with E-state index in [0.29, 0.717) is 16.5 Å². The summed E-state index contributed by atoms with van der Waals surface area (Å²) in [7, 11) is 1.29. The number of hydrogen-bond acceptors (Lipinski definition) is 5. The van der Waals surface area contributed by atoms with Crippen molar-refractivity contribution in [2.24, 2.45) is 0 Å². The van der Waals surface area contributed by atoms with Crippen LogP contribution in [0.15, 0.2) is 35.1 Å². The van der Waals surface area contributed by atoms with E-state index >= 15 is 0 Å². The molecule has 0 spiro atoms. The van der Waals surface area contributed by atoms with Crippen LogP contribution in [0, 0.1) is 0 Å². The van der Waals surface area contributed by atoms with Crippen LogP contribution in [-0.2, 0) is 4.74 Å². The second-order valence-corrected chi connectivity index (χ2v) is 4.85. The van der Waals surface area contributed by atoms with Crippen molar-refractivity contribution in [1.82, 2.24) is 9.97 Å². The number of esters is 1. The summed E-state index contributed by atoms with van der Waals surface area (Å²) < 4.78 is 5.45. The van der Waals surface area contributed by atoms with Crippen LogP contribution in [0.5, 0.6) is 0 Å². The van der Waals surface area contributed by atoms with Crippen LogP contribution in [0.25, 0.3) is 0 Å². The first-order chi connectivity index (χ1) is 9.10. The number of carbonyl (C=O) groups excluding carboxylic acids is 1. The largest absolute Gasteiger partial charge is 0.464 e. The predicted molar refractivity (Wildman–Crippen MR) is 75.8 cm³/mol. The monoisotopic (exact) mass is 341 g/mol. The molecular weight excluding hydrogens is 334 g/mol. The van der Waals surface area contributed by atoms with Gasteiger partial charge in [0.05, 0.1) is 30.2 Å². The minimum Gasteiger partial charge on any atom is -0.464 e. The first-order valence-electron chi connectivity index (χ1n) is 5.22. The highest BCUT2D eigenvalue weighted by molar-refractivity contribution is 9.10. The van der Waals surface area contributed by atoms with Crippen molar-refractivity contribution < 1.29 is 9.53 Å². The van der Waals surface area contributed by atoms with Crippen LogP contribution in [0.1, 0.15) is 10.5 Å². The Hall–Kier alpha value is -1.66. The molecule has 1 aromatic heterocycles. The average molecular weight is 343 g/mol. The van der Waals surface area contributed by atoms with Gasteiger partial charge in [-0.25, -0.2) is 9.78 Å². The Labute approximate surface area is 123 Å². The summed E-state index contributed by atoms with van der Waals surface area (Å²) in [6.07, 6.45) is 2.82. The zero-order valence-electron chi connectivity index (χ0n) is 9.85. The summed E-state index contributed by atoms with van der Waals surface area (Å²) >= 11 is 9.40. The highest BCUT2D eigenvalue weighted by atomic mass is 79.9. The molecule has 0 amide bonds. The molecule has 0 aliphatic heterocycles. The maximum atomic E-state index is 11.3. The fraction of sp³-hybridized carbons (Fsp3) is 0.0833. The van der Waals surface area contributed by atoms with Crippen molar-refractivity contribution in [3.8, 4) is 0 Å². The third kappa shape index (κ3) is 3.42. The van der Waals surface area contributed by atoms with E-state index < -0.39 is 5.97 Å². The van der Waals surface area contributed by atoms with Gasteiger partial charge in [0.2, 0.25) is 0 Å². The van der Waals surface area contributed by atoms with E-state index in [-0.39, 0.29) is 5.69 Å². The lowest BCUT2D eigenvalue weighted by atomic mass is 10.3. The fourth-order valence-corrected chi connectivity index (χ4v) is 2.08. The van der Waals surface area contributed by atoms with Crippen molar-refractivity contribution in [3.05, 3.63) is 45.8 Å². The van der Waals surface area contributed by atoms with E-state index in [9.17, 15) is 4.79 Å². The van der Waals surface area contributed by atoms with Crippen molar-refractivity contribution in [1.29, 1.82) is 0 Å². The zero-order chi connectivity index (χ0) is 13.8. The Morgan fingerprint density at radius 1 is 1.42 bits per heavy atom. The SMILES string of the molecule is COC(=O)c1cncc(Nc2ccc(Br)cc2Cl)n1. The van der Waals surface area contributed by atoms with Gasteiger partial charge < -0.3 is 10.1 Å². The summed E-state index contributed by atoms with van der Waals surface area (Å²) in [6, 6.07) is 5.38. The van der Waals surface area contributed by atoms with Crippen LogP contribution in [0.2, 0.25) is 5.02 Å². The summed E-state index contributed by atoms with van der Waals surface area (Å²) in [5.41, 5.74) is 0.793. The Morgan fingerprint density at radius 2 is 2.21 bits per heavy atom. The third-order valence-electron chi connectivity index (χ3n) is 2.22. The lowest BCUT2D eigenvalue weighted by Crippen LogP contribution is -2.06. The van der Waals surface area contributed by atoms with Gasteiger partial charge in [0.1, 0.15) is 5.82 Å². The van der Waals surface area contributed by atoms with Crippen molar-refractivity contribution in [3.63, 3.8) is 0 Å². The summed E-state index contributed by atoms with van der Waals surface area (Å²) in [5, 5.41) is 3.51. The average Bonchev–Trinajstić information content (AvgIpc) is 2.41. The van der Waals surface area contributed by atoms with E-state index in [1.807, 2.05) is 6.07 Å². The number of hydrogen-bond donors (Lipinski definition) is 1. The van der Waals surface area contributed by atoms with Gasteiger partial charge in [-0.3, -0.25) is 4.98 Å². The number of halogens is 2. The molecule has 2 aromatic rings. The number of methoxy groups -OCH3 is 1. The van der Waals surface area contributed by atoms with Crippen LogP contribution in [0.4, 0.5) is 11.5 Å². The summed E-state index contributed by atoms with van der Waals surface area (Å²) in [5.74, 6) is -0.134. The summed E-state index contributed by atoms with van der Waals surface area (Å²) in [4.78, 5) is 19.3. The smallest absolute Gasteiger partial charge is 0.358 e. The van der Waals surface area contributed by atoms with Crippen LogP contribution < -0.4 is 5.32 Å². The second kappa shape index (κ2) is 5.99. The molecular formula is C12H9BrClN3O2. The molecule has 0 bridgehead atoms. The zero-order valence-corrected chi connectivity index (χ0v) is 12.2. The molecule has 0 atom stereocenters. The van der Waals surface area contributed by atoms with Gasteiger partial charge in [0.25, 0.3) is 0 Å². The molecule has 0 unspecified atom stereocenters. The number of rotatable bonds is 3. The van der Waals surface area contributed by atoms with Crippen molar-refractivity contribution in [2.45, 2.75) is 0 Å². The minimum absolute atomic E-state index is 0.126. The third-order valence-corrected chi connectivity index (χ3v) is 3.03. The van der Waals surface area contributed by atoms with Crippen LogP contribution in [-0.4, -0.2) is 23.0 Å². The van der Waals surface area contributed by atoms with Gasteiger partial charge in [-0.15, -0.1) is 0 Å². The van der Waals surface area contributed by atoms with Gasteiger partial charge in [-0.05, 0) is 18.2 Å².